The number of benzene rings is 2. The minimum atomic E-state index is -1.02. The molecule has 2 aromatic carbocycles. The van der Waals surface area contributed by atoms with Crippen LogP contribution in [0.1, 0.15) is 64.1 Å². The van der Waals surface area contributed by atoms with Crippen LogP contribution in [0.2, 0.25) is 0 Å². The first-order chi connectivity index (χ1) is 21.0. The van der Waals surface area contributed by atoms with Crippen LogP contribution >= 0.6 is 11.3 Å². The summed E-state index contributed by atoms with van der Waals surface area (Å²) in [6.07, 6.45) is 6.97. The number of fused-ring (bicyclic) bond motifs is 2. The highest BCUT2D eigenvalue weighted by Crippen LogP contribution is 2.38. The minimum absolute atomic E-state index is 0.0252. The van der Waals surface area contributed by atoms with Gasteiger partial charge in [-0.15, -0.1) is 11.3 Å². The Kier molecular flexibility index (Phi) is 7.52. The van der Waals surface area contributed by atoms with Crippen molar-refractivity contribution in [3.63, 3.8) is 0 Å². The van der Waals surface area contributed by atoms with E-state index >= 15 is 4.39 Å². The number of carbonyl (C=O) groups excluding carboxylic acids is 2. The second-order valence-corrected chi connectivity index (χ2v) is 12.3. The van der Waals surface area contributed by atoms with Gasteiger partial charge < -0.3 is 14.4 Å². The fraction of sp³-hybridized carbons (Fsp3) is 0.375. The van der Waals surface area contributed by atoms with Crippen molar-refractivity contribution < 1.29 is 18.4 Å². The molecule has 4 aromatic rings. The Morgan fingerprint density at radius 1 is 1.09 bits per heavy atom. The average molecular weight is 603 g/mol. The Hall–Kier alpha value is -3.96. The smallest absolute Gasteiger partial charge is 0.255 e. The van der Waals surface area contributed by atoms with Gasteiger partial charge in [0, 0.05) is 41.5 Å². The maximum Gasteiger partial charge on any atom is 0.255 e. The summed E-state index contributed by atoms with van der Waals surface area (Å²) in [6.45, 7) is 2.73. The van der Waals surface area contributed by atoms with Crippen molar-refractivity contribution in [2.24, 2.45) is 0 Å². The highest BCUT2D eigenvalue weighted by molar-refractivity contribution is 7.13. The molecule has 7 rings (SSSR count). The number of aromatic nitrogens is 3. The number of alkyl halides is 1. The van der Waals surface area contributed by atoms with Crippen LogP contribution in [-0.4, -0.2) is 62.5 Å². The number of hydrogen-bond donors (Lipinski definition) is 1. The van der Waals surface area contributed by atoms with Gasteiger partial charge in [0.1, 0.15) is 12.5 Å². The predicted octanol–water partition coefficient (Wildman–Crippen LogP) is 5.58. The number of aryl methyl sites for hydroxylation is 1. The Bertz CT molecular complexity index is 1650. The van der Waals surface area contributed by atoms with Crippen LogP contribution < -0.4 is 5.32 Å². The lowest BCUT2D eigenvalue weighted by molar-refractivity contribution is -0.121. The monoisotopic (exact) mass is 602 g/mol. The highest BCUT2D eigenvalue weighted by Gasteiger charge is 2.42. The molecule has 1 atom stereocenters. The Balaban J connectivity index is 1.15. The van der Waals surface area contributed by atoms with Crippen molar-refractivity contribution in [1.82, 2.24) is 24.3 Å². The molecule has 0 saturated carbocycles. The molecule has 3 aliphatic rings. The molecule has 0 spiro atoms. The van der Waals surface area contributed by atoms with Gasteiger partial charge in [0.05, 0.1) is 18.6 Å². The van der Waals surface area contributed by atoms with Gasteiger partial charge in [-0.2, -0.15) is 0 Å². The van der Waals surface area contributed by atoms with E-state index in [0.717, 1.165) is 56.6 Å². The molecule has 222 valence electrons. The molecule has 2 amide bonds. The van der Waals surface area contributed by atoms with Gasteiger partial charge in [-0.1, -0.05) is 24.3 Å². The summed E-state index contributed by atoms with van der Waals surface area (Å²) >= 11 is 1.29. The van der Waals surface area contributed by atoms with Crippen molar-refractivity contribution in [1.29, 1.82) is 0 Å². The third kappa shape index (κ3) is 5.25. The molecule has 11 heteroatoms. The number of imidazole rings is 1. The fourth-order valence-corrected chi connectivity index (χ4v) is 7.25. The number of hydrogen-bond acceptors (Lipinski definition) is 6. The normalized spacial score (nSPS) is 17.7. The SMILES string of the molecule is O=C(Nc1nccs1)C(c1ncn2c1CCC2)N1Cc2c(F)cc(-c3ccc(C4CCN(CCF)CC4)cc3)cc2C1=O. The number of thiazole rings is 1. The van der Waals surface area contributed by atoms with E-state index in [0.29, 0.717) is 28.9 Å². The lowest BCUT2D eigenvalue weighted by atomic mass is 9.88. The summed E-state index contributed by atoms with van der Waals surface area (Å²) in [7, 11) is 0. The summed E-state index contributed by atoms with van der Waals surface area (Å²) in [4.78, 5) is 39.9. The van der Waals surface area contributed by atoms with E-state index in [1.807, 2.05) is 16.7 Å². The van der Waals surface area contributed by atoms with E-state index in [9.17, 15) is 14.0 Å². The molecule has 2 aromatic heterocycles. The van der Waals surface area contributed by atoms with Crippen LogP contribution in [0.5, 0.6) is 0 Å². The predicted molar refractivity (Wildman–Crippen MR) is 160 cm³/mol. The van der Waals surface area contributed by atoms with Gasteiger partial charge >= 0.3 is 0 Å². The molecule has 0 aliphatic carbocycles. The van der Waals surface area contributed by atoms with Crippen molar-refractivity contribution in [3.8, 4) is 11.1 Å². The van der Waals surface area contributed by atoms with E-state index in [1.165, 1.54) is 27.9 Å². The third-order valence-corrected chi connectivity index (χ3v) is 9.68. The van der Waals surface area contributed by atoms with E-state index in [2.05, 4.69) is 32.3 Å². The summed E-state index contributed by atoms with van der Waals surface area (Å²) in [5.74, 6) is -0.877. The van der Waals surface area contributed by atoms with Crippen LogP contribution in [0, 0.1) is 5.82 Å². The van der Waals surface area contributed by atoms with Crippen molar-refractivity contribution in [2.45, 2.75) is 50.7 Å². The molecule has 1 saturated heterocycles. The highest BCUT2D eigenvalue weighted by atomic mass is 32.1. The quantitative estimate of drug-likeness (QED) is 0.285. The van der Waals surface area contributed by atoms with Gasteiger partial charge in [0.15, 0.2) is 11.2 Å². The minimum Gasteiger partial charge on any atom is -0.334 e. The van der Waals surface area contributed by atoms with Crippen molar-refractivity contribution >= 4 is 28.3 Å². The van der Waals surface area contributed by atoms with Crippen LogP contribution in [-0.2, 0) is 24.3 Å². The lowest BCUT2D eigenvalue weighted by Gasteiger charge is -2.31. The van der Waals surface area contributed by atoms with E-state index in [-0.39, 0.29) is 24.3 Å². The molecule has 3 aliphatic heterocycles. The first-order valence-corrected chi connectivity index (χ1v) is 15.6. The number of piperidine rings is 1. The zero-order chi connectivity index (χ0) is 29.5. The number of halogens is 2. The summed E-state index contributed by atoms with van der Waals surface area (Å²) < 4.78 is 30.4. The molecule has 1 N–H and O–H groups in total. The van der Waals surface area contributed by atoms with Gasteiger partial charge in [-0.3, -0.25) is 14.9 Å². The fourth-order valence-electron chi connectivity index (χ4n) is 6.72. The molecule has 1 fully saturated rings. The van der Waals surface area contributed by atoms with Gasteiger partial charge in [-0.25, -0.2) is 18.7 Å². The van der Waals surface area contributed by atoms with Gasteiger partial charge in [0.2, 0.25) is 0 Å². The van der Waals surface area contributed by atoms with E-state index < -0.39 is 23.7 Å². The maximum atomic E-state index is 15.6. The second kappa shape index (κ2) is 11.6. The first kappa shape index (κ1) is 27.8. The average Bonchev–Trinajstić information content (AvgIpc) is 3.82. The van der Waals surface area contributed by atoms with Crippen LogP contribution in [0.25, 0.3) is 11.1 Å². The third-order valence-electron chi connectivity index (χ3n) is 8.99. The number of nitrogens with one attached hydrogen (secondary N) is 1. The zero-order valence-corrected chi connectivity index (χ0v) is 24.5. The molecular formula is C32H32F2N6O2S. The number of carbonyl (C=O) groups is 2. The Morgan fingerprint density at radius 2 is 1.91 bits per heavy atom. The Labute approximate surface area is 252 Å². The van der Waals surface area contributed by atoms with Crippen LogP contribution in [0.4, 0.5) is 13.9 Å². The summed E-state index contributed by atoms with van der Waals surface area (Å²) in [6, 6.07) is 10.3. The molecule has 43 heavy (non-hydrogen) atoms. The van der Waals surface area contributed by atoms with Crippen LogP contribution in [0.3, 0.4) is 0 Å². The number of amides is 2. The maximum absolute atomic E-state index is 15.6. The number of anilines is 1. The Morgan fingerprint density at radius 3 is 2.65 bits per heavy atom. The van der Waals surface area contributed by atoms with Crippen molar-refractivity contribution in [2.75, 3.05) is 31.6 Å². The number of rotatable bonds is 8. The molecule has 0 radical (unpaired) electrons. The molecule has 1 unspecified atom stereocenters. The molecule has 0 bridgehead atoms. The number of likely N-dealkylation sites (tertiary alicyclic amines) is 1. The molecular weight excluding hydrogens is 570 g/mol. The van der Waals surface area contributed by atoms with Crippen LogP contribution in [0.15, 0.2) is 54.3 Å². The van der Waals surface area contributed by atoms with Crippen molar-refractivity contribution in [3.05, 3.63) is 88.2 Å². The van der Waals surface area contributed by atoms with E-state index in [4.69, 9.17) is 0 Å². The largest absolute Gasteiger partial charge is 0.334 e. The summed E-state index contributed by atoms with van der Waals surface area (Å²) in [5, 5.41) is 5.02. The van der Waals surface area contributed by atoms with E-state index in [1.54, 1.807) is 24.0 Å². The topological polar surface area (TPSA) is 83.4 Å². The first-order valence-electron chi connectivity index (χ1n) is 14.8. The molecule has 5 heterocycles. The lowest BCUT2D eigenvalue weighted by Crippen LogP contribution is -2.38. The zero-order valence-electron chi connectivity index (χ0n) is 23.6. The standard InChI is InChI=1S/C32H32F2N6O2S/c33-9-14-38-12-7-22(8-13-38)20-3-5-21(6-4-20)23-16-24-25(26(34)17-23)18-40(31(24)42)29(30(41)37-32-35-10-15-43-32)28-27-2-1-11-39(27)19-36-28/h3-6,10,15-17,19,22,29H,1-2,7-9,11-14,18H2,(H,35,37,41). The number of nitrogens with zero attached hydrogens (tertiary/aromatic N) is 5. The summed E-state index contributed by atoms with van der Waals surface area (Å²) in [5.41, 5.74) is 4.65. The van der Waals surface area contributed by atoms with Gasteiger partial charge in [0.25, 0.3) is 11.8 Å². The second-order valence-electron chi connectivity index (χ2n) is 11.4. The molecule has 8 nitrogen and oxygen atoms in total. The van der Waals surface area contributed by atoms with Gasteiger partial charge in [-0.05, 0) is 73.5 Å².